The standard InChI is InChI=1S/C30H28F3N5O/c1-20-3-5-23(14-22(20)6-4-21-13-25-17-34-18-28(25)35-16-21)29(39)36-26-8-7-24(27(15-26)30(31,32)33)19-38-11-9-37(2)10-12-38/h3,5,7-8,13-17H,9-12,18-19H2,1-2H3,(H,36,39). The quantitative estimate of drug-likeness (QED) is 0.494. The molecule has 0 unspecified atom stereocenters. The van der Waals surface area contributed by atoms with Gasteiger partial charge in [-0.25, -0.2) is 0 Å². The zero-order chi connectivity index (χ0) is 27.6. The second-order valence-corrected chi connectivity index (χ2v) is 9.91. The van der Waals surface area contributed by atoms with Gasteiger partial charge >= 0.3 is 6.18 Å². The average Bonchev–Trinajstić information content (AvgIpc) is 3.38. The summed E-state index contributed by atoms with van der Waals surface area (Å²) in [5.74, 6) is 5.66. The molecular weight excluding hydrogens is 503 g/mol. The van der Waals surface area contributed by atoms with Crippen LogP contribution in [0.3, 0.4) is 0 Å². The minimum absolute atomic E-state index is 0.0912. The number of aromatic nitrogens is 1. The number of aryl methyl sites for hydroxylation is 1. The molecule has 1 N–H and O–H groups in total. The molecule has 2 aliphatic heterocycles. The summed E-state index contributed by atoms with van der Waals surface area (Å²) >= 11 is 0. The lowest BCUT2D eigenvalue weighted by Gasteiger charge is -2.33. The van der Waals surface area contributed by atoms with Crippen LogP contribution in [0.1, 0.15) is 49.4 Å². The Morgan fingerprint density at radius 3 is 2.62 bits per heavy atom. The van der Waals surface area contributed by atoms with E-state index >= 15 is 0 Å². The van der Waals surface area contributed by atoms with Crippen LogP contribution in [0.5, 0.6) is 0 Å². The minimum Gasteiger partial charge on any atom is -0.322 e. The molecule has 0 bridgehead atoms. The van der Waals surface area contributed by atoms with E-state index in [1.165, 1.54) is 12.1 Å². The summed E-state index contributed by atoms with van der Waals surface area (Å²) in [7, 11) is 2.00. The molecule has 0 spiro atoms. The molecule has 3 aromatic rings. The van der Waals surface area contributed by atoms with E-state index in [-0.39, 0.29) is 17.8 Å². The minimum atomic E-state index is -4.53. The van der Waals surface area contributed by atoms with Crippen LogP contribution < -0.4 is 5.32 Å². The highest BCUT2D eigenvalue weighted by Crippen LogP contribution is 2.34. The number of hydrogen-bond donors (Lipinski definition) is 1. The van der Waals surface area contributed by atoms with Gasteiger partial charge in [-0.3, -0.25) is 19.7 Å². The van der Waals surface area contributed by atoms with Crippen molar-refractivity contribution in [1.82, 2.24) is 14.8 Å². The fourth-order valence-corrected chi connectivity index (χ4v) is 4.60. The Morgan fingerprint density at radius 1 is 1.05 bits per heavy atom. The first-order chi connectivity index (χ1) is 18.7. The van der Waals surface area contributed by atoms with Crippen LogP contribution >= 0.6 is 0 Å². The number of carbonyl (C=O) groups excluding carboxylic acids is 1. The largest absolute Gasteiger partial charge is 0.416 e. The van der Waals surface area contributed by atoms with Crippen molar-refractivity contribution >= 4 is 17.8 Å². The van der Waals surface area contributed by atoms with Gasteiger partial charge in [-0.1, -0.05) is 24.0 Å². The SMILES string of the molecule is Cc1ccc(C(=O)Nc2ccc(CN3CCN(C)CC3)c(C(F)(F)F)c2)cc1C#Cc1cnc2c(c1)C=NC2. The number of nitrogens with one attached hydrogen (secondary N) is 1. The van der Waals surface area contributed by atoms with Gasteiger partial charge in [-0.15, -0.1) is 0 Å². The fourth-order valence-electron chi connectivity index (χ4n) is 4.60. The van der Waals surface area contributed by atoms with Gasteiger partial charge in [0.05, 0.1) is 17.8 Å². The summed E-state index contributed by atoms with van der Waals surface area (Å²) in [5, 5.41) is 2.62. The second kappa shape index (κ2) is 11.0. The number of amides is 1. The Balaban J connectivity index is 1.33. The molecule has 1 saturated heterocycles. The maximum Gasteiger partial charge on any atom is 0.416 e. The lowest BCUT2D eigenvalue weighted by atomic mass is 10.0. The van der Waals surface area contributed by atoms with Crippen LogP contribution in [-0.2, 0) is 19.3 Å². The van der Waals surface area contributed by atoms with E-state index in [1.54, 1.807) is 30.6 Å². The maximum atomic E-state index is 13.9. The Labute approximate surface area is 225 Å². The van der Waals surface area contributed by atoms with Gasteiger partial charge in [0.25, 0.3) is 5.91 Å². The van der Waals surface area contributed by atoms with E-state index in [2.05, 4.69) is 32.0 Å². The van der Waals surface area contributed by atoms with E-state index in [0.717, 1.165) is 41.5 Å². The third-order valence-corrected chi connectivity index (χ3v) is 6.98. The zero-order valence-electron chi connectivity index (χ0n) is 21.8. The van der Waals surface area contributed by atoms with Gasteiger partial charge < -0.3 is 10.2 Å². The van der Waals surface area contributed by atoms with Crippen LogP contribution in [0, 0.1) is 18.8 Å². The number of rotatable bonds is 4. The molecule has 1 aromatic heterocycles. The summed E-state index contributed by atoms with van der Waals surface area (Å²) < 4.78 is 41.8. The first-order valence-electron chi connectivity index (χ1n) is 12.7. The van der Waals surface area contributed by atoms with Crippen molar-refractivity contribution < 1.29 is 18.0 Å². The molecular formula is C30H28F3N5O. The molecule has 5 rings (SSSR count). The third-order valence-electron chi connectivity index (χ3n) is 6.98. The van der Waals surface area contributed by atoms with E-state index in [9.17, 15) is 18.0 Å². The molecule has 2 aromatic carbocycles. The number of anilines is 1. The monoisotopic (exact) mass is 531 g/mol. The molecule has 1 fully saturated rings. The Morgan fingerprint density at radius 2 is 1.85 bits per heavy atom. The van der Waals surface area contributed by atoms with Gasteiger partial charge in [0.2, 0.25) is 0 Å². The summed E-state index contributed by atoms with van der Waals surface area (Å²) in [6.45, 7) is 5.72. The third kappa shape index (κ3) is 6.36. The van der Waals surface area contributed by atoms with Crippen molar-refractivity contribution in [2.75, 3.05) is 38.5 Å². The van der Waals surface area contributed by atoms with Crippen LogP contribution in [0.2, 0.25) is 0 Å². The molecule has 0 saturated carbocycles. The lowest BCUT2D eigenvalue weighted by Crippen LogP contribution is -2.44. The number of fused-ring (bicyclic) bond motifs is 1. The lowest BCUT2D eigenvalue weighted by molar-refractivity contribution is -0.138. The Hall–Kier alpha value is -4.00. The van der Waals surface area contributed by atoms with Crippen molar-refractivity contribution in [1.29, 1.82) is 0 Å². The van der Waals surface area contributed by atoms with Gasteiger partial charge in [-0.05, 0) is 55.4 Å². The molecule has 200 valence electrons. The topological polar surface area (TPSA) is 60.8 Å². The van der Waals surface area contributed by atoms with Crippen molar-refractivity contribution in [3.63, 3.8) is 0 Å². The van der Waals surface area contributed by atoms with Crippen molar-refractivity contribution in [2.45, 2.75) is 26.2 Å². The van der Waals surface area contributed by atoms with Gasteiger partial charge in [0, 0.05) is 73.1 Å². The number of benzene rings is 2. The summed E-state index contributed by atoms with van der Waals surface area (Å²) in [5.41, 5.74) is 3.97. The summed E-state index contributed by atoms with van der Waals surface area (Å²) in [6.07, 6.45) is -1.07. The molecule has 3 heterocycles. The van der Waals surface area contributed by atoms with Crippen molar-refractivity contribution in [3.05, 3.63) is 93.3 Å². The average molecular weight is 532 g/mol. The molecule has 0 aliphatic carbocycles. The number of nitrogens with zero attached hydrogens (tertiary/aromatic N) is 4. The van der Waals surface area contributed by atoms with E-state index < -0.39 is 17.6 Å². The molecule has 0 radical (unpaired) electrons. The van der Waals surface area contributed by atoms with Crippen LogP contribution in [0.15, 0.2) is 53.7 Å². The van der Waals surface area contributed by atoms with Crippen LogP contribution in [-0.4, -0.2) is 60.1 Å². The van der Waals surface area contributed by atoms with Crippen molar-refractivity contribution in [2.24, 2.45) is 4.99 Å². The number of pyridine rings is 1. The number of aliphatic imine (C=N–C) groups is 1. The molecule has 6 nitrogen and oxygen atoms in total. The molecule has 9 heteroatoms. The number of likely N-dealkylation sites (N-methyl/N-ethyl adjacent to an activating group) is 1. The van der Waals surface area contributed by atoms with E-state index in [1.807, 2.05) is 24.9 Å². The van der Waals surface area contributed by atoms with E-state index in [4.69, 9.17) is 0 Å². The summed E-state index contributed by atoms with van der Waals surface area (Å²) in [4.78, 5) is 25.7. The zero-order valence-corrected chi connectivity index (χ0v) is 21.8. The smallest absolute Gasteiger partial charge is 0.322 e. The highest BCUT2D eigenvalue weighted by atomic mass is 19.4. The number of halogens is 3. The van der Waals surface area contributed by atoms with Gasteiger partial charge in [0.1, 0.15) is 0 Å². The van der Waals surface area contributed by atoms with Gasteiger partial charge in [-0.2, -0.15) is 13.2 Å². The molecule has 2 aliphatic rings. The van der Waals surface area contributed by atoms with Crippen LogP contribution in [0.4, 0.5) is 18.9 Å². The molecule has 39 heavy (non-hydrogen) atoms. The van der Waals surface area contributed by atoms with Crippen LogP contribution in [0.25, 0.3) is 0 Å². The van der Waals surface area contributed by atoms with Gasteiger partial charge in [0.15, 0.2) is 0 Å². The normalized spacial score (nSPS) is 15.5. The predicted molar refractivity (Wildman–Crippen MR) is 145 cm³/mol. The highest BCUT2D eigenvalue weighted by Gasteiger charge is 2.34. The number of piperazine rings is 1. The first kappa shape index (κ1) is 26.6. The molecule has 0 atom stereocenters. The predicted octanol–water partition coefficient (Wildman–Crippen LogP) is 4.74. The highest BCUT2D eigenvalue weighted by molar-refractivity contribution is 6.04. The second-order valence-electron chi connectivity index (χ2n) is 9.91. The Kier molecular flexibility index (Phi) is 7.51. The number of hydrogen-bond acceptors (Lipinski definition) is 5. The maximum absolute atomic E-state index is 13.9. The Bertz CT molecular complexity index is 1490. The van der Waals surface area contributed by atoms with Crippen molar-refractivity contribution in [3.8, 4) is 11.8 Å². The first-order valence-corrected chi connectivity index (χ1v) is 12.7. The summed E-state index contributed by atoms with van der Waals surface area (Å²) in [6, 6.07) is 11.0. The number of alkyl halides is 3. The van der Waals surface area contributed by atoms with E-state index in [0.29, 0.717) is 30.8 Å². The number of carbonyl (C=O) groups is 1. The fraction of sp³-hybridized carbons (Fsp3) is 0.300. The molecule has 1 amide bonds.